The van der Waals surface area contributed by atoms with Gasteiger partial charge in [-0.1, -0.05) is 12.1 Å². The fourth-order valence-corrected chi connectivity index (χ4v) is 2.85. The van der Waals surface area contributed by atoms with Crippen molar-refractivity contribution in [3.05, 3.63) is 59.4 Å². The first-order valence-electron chi connectivity index (χ1n) is 9.14. The fraction of sp³-hybridized carbons (Fsp3) is 0.381. The van der Waals surface area contributed by atoms with Gasteiger partial charge in [0, 0.05) is 24.5 Å². The number of hydrogen-bond acceptors (Lipinski definition) is 3. The minimum Gasteiger partial charge on any atom is -0.372 e. The molecule has 0 aliphatic carbocycles. The summed E-state index contributed by atoms with van der Waals surface area (Å²) >= 11 is 0. The van der Waals surface area contributed by atoms with Gasteiger partial charge in [0.1, 0.15) is 5.82 Å². The van der Waals surface area contributed by atoms with Crippen molar-refractivity contribution in [2.45, 2.75) is 27.2 Å². The van der Waals surface area contributed by atoms with Crippen LogP contribution >= 0.6 is 0 Å². The van der Waals surface area contributed by atoms with Crippen molar-refractivity contribution in [2.24, 2.45) is 0 Å². The molecule has 0 saturated carbocycles. The number of benzene rings is 2. The van der Waals surface area contributed by atoms with E-state index >= 15 is 0 Å². The molecule has 0 atom stereocenters. The number of nitrogens with zero attached hydrogens (tertiary/aromatic N) is 1. The summed E-state index contributed by atoms with van der Waals surface area (Å²) in [7, 11) is 0. The molecule has 0 unspecified atom stereocenters. The molecule has 2 N–H and O–H groups in total. The minimum absolute atomic E-state index is 0.0669. The van der Waals surface area contributed by atoms with Gasteiger partial charge >= 0.3 is 0 Å². The largest absolute Gasteiger partial charge is 0.372 e. The SMILES string of the molecule is CCN(CC)c1ccc(NC(=O)CNCCc2ccc(F)cc2)c(C)c1. The van der Waals surface area contributed by atoms with E-state index in [9.17, 15) is 9.18 Å². The molecule has 2 aromatic carbocycles. The number of rotatable bonds is 9. The molecule has 1 amide bonds. The monoisotopic (exact) mass is 357 g/mol. The molecule has 0 radical (unpaired) electrons. The first-order valence-corrected chi connectivity index (χ1v) is 9.14. The molecule has 26 heavy (non-hydrogen) atoms. The molecule has 0 spiro atoms. The van der Waals surface area contributed by atoms with Gasteiger partial charge in [-0.25, -0.2) is 4.39 Å². The number of halogens is 1. The normalized spacial score (nSPS) is 10.6. The van der Waals surface area contributed by atoms with Crippen molar-refractivity contribution >= 4 is 17.3 Å². The summed E-state index contributed by atoms with van der Waals surface area (Å²) in [4.78, 5) is 14.4. The van der Waals surface area contributed by atoms with Gasteiger partial charge in [0.25, 0.3) is 0 Å². The predicted molar refractivity (Wildman–Crippen MR) is 106 cm³/mol. The van der Waals surface area contributed by atoms with Crippen LogP contribution in [0.1, 0.15) is 25.0 Å². The van der Waals surface area contributed by atoms with Crippen LogP contribution in [-0.2, 0) is 11.2 Å². The number of anilines is 2. The van der Waals surface area contributed by atoms with Crippen molar-refractivity contribution in [3.8, 4) is 0 Å². The molecule has 4 nitrogen and oxygen atoms in total. The van der Waals surface area contributed by atoms with Gasteiger partial charge in [-0.05, 0) is 75.2 Å². The minimum atomic E-state index is -0.233. The van der Waals surface area contributed by atoms with Crippen LogP contribution in [0.25, 0.3) is 0 Å². The summed E-state index contributed by atoms with van der Waals surface area (Å²) in [5.41, 5.74) is 4.10. The van der Waals surface area contributed by atoms with Crippen molar-refractivity contribution in [2.75, 3.05) is 36.4 Å². The quantitative estimate of drug-likeness (QED) is 0.672. The Labute approximate surface area is 155 Å². The molecule has 140 valence electrons. The third-order valence-corrected chi connectivity index (χ3v) is 4.40. The molecule has 0 bridgehead atoms. The Morgan fingerprint density at radius 1 is 1.08 bits per heavy atom. The van der Waals surface area contributed by atoms with Gasteiger partial charge < -0.3 is 15.5 Å². The Bertz CT molecular complexity index is 712. The summed E-state index contributed by atoms with van der Waals surface area (Å²) in [5.74, 6) is -0.300. The van der Waals surface area contributed by atoms with Gasteiger partial charge in [-0.15, -0.1) is 0 Å². The smallest absolute Gasteiger partial charge is 0.238 e. The zero-order valence-electron chi connectivity index (χ0n) is 15.8. The maximum atomic E-state index is 12.9. The standard InChI is InChI=1S/C21H28FN3O/c1-4-25(5-2)19-10-11-20(16(3)14-19)24-21(26)15-23-13-12-17-6-8-18(22)9-7-17/h6-11,14,23H,4-5,12-13,15H2,1-3H3,(H,24,26). The van der Waals surface area contributed by atoms with Crippen LogP contribution in [0.4, 0.5) is 15.8 Å². The number of aryl methyl sites for hydroxylation is 1. The number of carbonyl (C=O) groups excluding carboxylic acids is 1. The van der Waals surface area contributed by atoms with E-state index in [2.05, 4.69) is 35.4 Å². The van der Waals surface area contributed by atoms with E-state index < -0.39 is 0 Å². The molecule has 0 fully saturated rings. The maximum Gasteiger partial charge on any atom is 0.238 e. The molecule has 0 aliphatic heterocycles. The Balaban J connectivity index is 1.79. The number of nitrogens with one attached hydrogen (secondary N) is 2. The van der Waals surface area contributed by atoms with Crippen LogP contribution in [0.15, 0.2) is 42.5 Å². The van der Waals surface area contributed by atoms with E-state index in [1.165, 1.54) is 17.8 Å². The molecule has 0 aliphatic rings. The van der Waals surface area contributed by atoms with Gasteiger partial charge in [-0.3, -0.25) is 4.79 Å². The third-order valence-electron chi connectivity index (χ3n) is 4.40. The molecule has 0 heterocycles. The highest BCUT2D eigenvalue weighted by atomic mass is 19.1. The fourth-order valence-electron chi connectivity index (χ4n) is 2.85. The van der Waals surface area contributed by atoms with Gasteiger partial charge in [0.2, 0.25) is 5.91 Å². The first kappa shape index (κ1) is 19.9. The topological polar surface area (TPSA) is 44.4 Å². The summed E-state index contributed by atoms with van der Waals surface area (Å²) in [6.07, 6.45) is 0.755. The summed E-state index contributed by atoms with van der Waals surface area (Å²) in [6, 6.07) is 12.5. The van der Waals surface area contributed by atoms with E-state index in [1.807, 2.05) is 19.1 Å². The Morgan fingerprint density at radius 3 is 2.38 bits per heavy atom. The second kappa shape index (κ2) is 9.92. The highest BCUT2D eigenvalue weighted by molar-refractivity contribution is 5.93. The highest BCUT2D eigenvalue weighted by Crippen LogP contribution is 2.22. The zero-order chi connectivity index (χ0) is 18.9. The second-order valence-electron chi connectivity index (χ2n) is 6.27. The Kier molecular flexibility index (Phi) is 7.60. The lowest BCUT2D eigenvalue weighted by atomic mass is 10.1. The van der Waals surface area contributed by atoms with Crippen LogP contribution in [-0.4, -0.2) is 32.1 Å². The van der Waals surface area contributed by atoms with Crippen LogP contribution in [0.2, 0.25) is 0 Å². The molecular weight excluding hydrogens is 329 g/mol. The van der Waals surface area contributed by atoms with Crippen LogP contribution in [0.5, 0.6) is 0 Å². The first-order chi connectivity index (χ1) is 12.5. The van der Waals surface area contributed by atoms with E-state index in [-0.39, 0.29) is 18.3 Å². The number of carbonyl (C=O) groups is 1. The molecule has 2 rings (SSSR count). The lowest BCUT2D eigenvalue weighted by molar-refractivity contribution is -0.115. The lowest BCUT2D eigenvalue weighted by Crippen LogP contribution is -2.29. The van der Waals surface area contributed by atoms with Crippen molar-refractivity contribution in [1.29, 1.82) is 0 Å². The van der Waals surface area contributed by atoms with Crippen molar-refractivity contribution < 1.29 is 9.18 Å². The molecule has 2 aromatic rings. The zero-order valence-corrected chi connectivity index (χ0v) is 15.8. The van der Waals surface area contributed by atoms with Crippen LogP contribution in [0, 0.1) is 12.7 Å². The second-order valence-corrected chi connectivity index (χ2v) is 6.27. The van der Waals surface area contributed by atoms with Crippen LogP contribution in [0.3, 0.4) is 0 Å². The molecule has 0 saturated heterocycles. The third kappa shape index (κ3) is 5.85. The molecule has 0 aromatic heterocycles. The van der Waals surface area contributed by atoms with E-state index in [0.29, 0.717) is 6.54 Å². The Morgan fingerprint density at radius 2 is 1.77 bits per heavy atom. The lowest BCUT2D eigenvalue weighted by Gasteiger charge is -2.22. The summed E-state index contributed by atoms with van der Waals surface area (Å²) in [6.45, 7) is 9.10. The van der Waals surface area contributed by atoms with Gasteiger partial charge in [0.05, 0.1) is 6.54 Å². The number of hydrogen-bond donors (Lipinski definition) is 2. The summed E-state index contributed by atoms with van der Waals surface area (Å²) < 4.78 is 12.9. The van der Waals surface area contributed by atoms with Crippen molar-refractivity contribution in [1.82, 2.24) is 5.32 Å². The molecular formula is C21H28FN3O. The predicted octanol–water partition coefficient (Wildman–Crippen LogP) is 3.75. The average Bonchev–Trinajstić information content (AvgIpc) is 2.63. The van der Waals surface area contributed by atoms with E-state index in [0.717, 1.165) is 36.3 Å². The van der Waals surface area contributed by atoms with E-state index in [4.69, 9.17) is 0 Å². The Hall–Kier alpha value is -2.40. The molecule has 5 heteroatoms. The van der Waals surface area contributed by atoms with Gasteiger partial charge in [-0.2, -0.15) is 0 Å². The average molecular weight is 357 g/mol. The van der Waals surface area contributed by atoms with Crippen molar-refractivity contribution in [3.63, 3.8) is 0 Å². The van der Waals surface area contributed by atoms with Crippen LogP contribution < -0.4 is 15.5 Å². The summed E-state index contributed by atoms with van der Waals surface area (Å²) in [5, 5.41) is 6.07. The van der Waals surface area contributed by atoms with E-state index in [1.54, 1.807) is 12.1 Å². The highest BCUT2D eigenvalue weighted by Gasteiger charge is 2.07. The maximum absolute atomic E-state index is 12.9. The van der Waals surface area contributed by atoms with Gasteiger partial charge in [0.15, 0.2) is 0 Å². The number of amides is 1.